The summed E-state index contributed by atoms with van der Waals surface area (Å²) < 4.78 is 5.52. The van der Waals surface area contributed by atoms with Crippen LogP contribution in [0.1, 0.15) is 25.8 Å². The van der Waals surface area contributed by atoms with Gasteiger partial charge in [0.05, 0.1) is 5.02 Å². The Balaban J connectivity index is 3.09. The van der Waals surface area contributed by atoms with Crippen LogP contribution in [0.3, 0.4) is 0 Å². The van der Waals surface area contributed by atoms with E-state index >= 15 is 0 Å². The summed E-state index contributed by atoms with van der Waals surface area (Å²) in [5.41, 5.74) is 6.77. The average molecular weight is 287 g/mol. The minimum atomic E-state index is -0.569. The van der Waals surface area contributed by atoms with Crippen LogP contribution in [-0.4, -0.2) is 12.1 Å². The standard InChI is InChI=1S/C13H16Cl2N2O/c1-3-11(17)5-9-4-10(14)6-12(15)13(9)18-8(2)7-16/h4,6,8,11H,3,5,17H2,1-2H3. The minimum Gasteiger partial charge on any atom is -0.474 e. The van der Waals surface area contributed by atoms with E-state index in [1.165, 1.54) is 0 Å². The number of nitriles is 1. The van der Waals surface area contributed by atoms with E-state index in [0.29, 0.717) is 22.2 Å². The molecule has 1 aromatic carbocycles. The fourth-order valence-electron chi connectivity index (χ4n) is 1.53. The van der Waals surface area contributed by atoms with E-state index in [0.717, 1.165) is 12.0 Å². The molecule has 0 aliphatic rings. The van der Waals surface area contributed by atoms with Gasteiger partial charge in [0.2, 0.25) is 0 Å². The van der Waals surface area contributed by atoms with Crippen LogP contribution in [0.5, 0.6) is 5.75 Å². The highest BCUT2D eigenvalue weighted by Crippen LogP contribution is 2.34. The van der Waals surface area contributed by atoms with Gasteiger partial charge in [-0.25, -0.2) is 0 Å². The number of ether oxygens (including phenoxy) is 1. The van der Waals surface area contributed by atoms with Crippen molar-refractivity contribution >= 4 is 23.2 Å². The number of benzene rings is 1. The highest BCUT2D eigenvalue weighted by Gasteiger charge is 2.15. The molecule has 5 heteroatoms. The maximum atomic E-state index is 8.79. The fraction of sp³-hybridized carbons (Fsp3) is 0.462. The van der Waals surface area contributed by atoms with Crippen molar-refractivity contribution in [3.63, 3.8) is 0 Å². The molecule has 0 heterocycles. The molecule has 2 atom stereocenters. The van der Waals surface area contributed by atoms with E-state index in [1.807, 2.05) is 13.0 Å². The third-order valence-electron chi connectivity index (χ3n) is 2.57. The van der Waals surface area contributed by atoms with Crippen LogP contribution < -0.4 is 10.5 Å². The molecule has 0 aliphatic carbocycles. The summed E-state index contributed by atoms with van der Waals surface area (Å²) in [4.78, 5) is 0. The first-order valence-corrected chi connectivity index (χ1v) is 6.53. The lowest BCUT2D eigenvalue weighted by Crippen LogP contribution is -2.22. The van der Waals surface area contributed by atoms with Crippen molar-refractivity contribution in [2.75, 3.05) is 0 Å². The molecule has 3 nitrogen and oxygen atoms in total. The number of hydrogen-bond acceptors (Lipinski definition) is 3. The number of hydrogen-bond donors (Lipinski definition) is 1. The predicted molar refractivity (Wildman–Crippen MR) is 74.1 cm³/mol. The van der Waals surface area contributed by atoms with Gasteiger partial charge in [0.1, 0.15) is 11.8 Å². The lowest BCUT2D eigenvalue weighted by molar-refractivity contribution is 0.273. The summed E-state index contributed by atoms with van der Waals surface area (Å²) in [6, 6.07) is 5.40. The molecule has 1 rings (SSSR count). The van der Waals surface area contributed by atoms with Crippen molar-refractivity contribution in [3.8, 4) is 11.8 Å². The molecule has 0 aromatic heterocycles. The van der Waals surface area contributed by atoms with Gasteiger partial charge >= 0.3 is 0 Å². The van der Waals surface area contributed by atoms with Crippen LogP contribution in [0.2, 0.25) is 10.0 Å². The Bertz CT molecular complexity index is 457. The van der Waals surface area contributed by atoms with Crippen molar-refractivity contribution in [1.82, 2.24) is 0 Å². The molecule has 0 saturated heterocycles. The van der Waals surface area contributed by atoms with E-state index in [2.05, 4.69) is 0 Å². The molecule has 0 aliphatic heterocycles. The van der Waals surface area contributed by atoms with Gasteiger partial charge < -0.3 is 10.5 Å². The lowest BCUT2D eigenvalue weighted by Gasteiger charge is -2.17. The van der Waals surface area contributed by atoms with E-state index < -0.39 is 6.10 Å². The van der Waals surface area contributed by atoms with Gasteiger partial charge in [-0.1, -0.05) is 30.1 Å². The third kappa shape index (κ3) is 4.06. The lowest BCUT2D eigenvalue weighted by atomic mass is 10.0. The Hall–Kier alpha value is -0.950. The van der Waals surface area contributed by atoms with E-state index in [-0.39, 0.29) is 6.04 Å². The zero-order valence-electron chi connectivity index (χ0n) is 10.4. The summed E-state index contributed by atoms with van der Waals surface area (Å²) in [6.07, 6.45) is 0.891. The second-order valence-corrected chi connectivity index (χ2v) is 4.98. The fourth-order valence-corrected chi connectivity index (χ4v) is 2.11. The second-order valence-electron chi connectivity index (χ2n) is 4.14. The van der Waals surface area contributed by atoms with Gasteiger partial charge in [-0.2, -0.15) is 5.26 Å². The van der Waals surface area contributed by atoms with Gasteiger partial charge in [-0.15, -0.1) is 0 Å². The van der Waals surface area contributed by atoms with Crippen molar-refractivity contribution < 1.29 is 4.74 Å². The Labute approximate surface area is 117 Å². The number of halogens is 2. The van der Waals surface area contributed by atoms with E-state index in [4.69, 9.17) is 38.9 Å². The molecule has 2 unspecified atom stereocenters. The first kappa shape index (κ1) is 15.1. The first-order chi connectivity index (χ1) is 8.47. The highest BCUT2D eigenvalue weighted by molar-refractivity contribution is 6.35. The summed E-state index contributed by atoms with van der Waals surface area (Å²) >= 11 is 12.1. The average Bonchev–Trinajstić information content (AvgIpc) is 2.32. The molecule has 18 heavy (non-hydrogen) atoms. The molecule has 0 saturated carbocycles. The Morgan fingerprint density at radius 3 is 2.67 bits per heavy atom. The number of rotatable bonds is 5. The summed E-state index contributed by atoms with van der Waals surface area (Å²) in [7, 11) is 0. The summed E-state index contributed by atoms with van der Waals surface area (Å²) in [6.45, 7) is 3.67. The Morgan fingerprint density at radius 1 is 1.44 bits per heavy atom. The monoisotopic (exact) mass is 286 g/mol. The summed E-state index contributed by atoms with van der Waals surface area (Å²) in [5.74, 6) is 0.499. The van der Waals surface area contributed by atoms with Gasteiger partial charge in [-0.3, -0.25) is 0 Å². The van der Waals surface area contributed by atoms with Gasteiger partial charge in [0, 0.05) is 11.1 Å². The second kappa shape index (κ2) is 6.84. The molecule has 0 spiro atoms. The first-order valence-electron chi connectivity index (χ1n) is 5.77. The van der Waals surface area contributed by atoms with Crippen LogP contribution in [0.15, 0.2) is 12.1 Å². The summed E-state index contributed by atoms with van der Waals surface area (Å²) in [5, 5.41) is 9.73. The zero-order valence-corrected chi connectivity index (χ0v) is 11.9. The Morgan fingerprint density at radius 2 is 2.11 bits per heavy atom. The zero-order chi connectivity index (χ0) is 13.7. The van der Waals surface area contributed by atoms with Gasteiger partial charge in [-0.05, 0) is 37.5 Å². The number of nitrogens with zero attached hydrogens (tertiary/aromatic N) is 1. The molecule has 98 valence electrons. The molecular weight excluding hydrogens is 271 g/mol. The highest BCUT2D eigenvalue weighted by atomic mass is 35.5. The molecule has 0 amide bonds. The molecular formula is C13H16Cl2N2O. The van der Waals surface area contributed by atoms with Crippen LogP contribution in [0.4, 0.5) is 0 Å². The van der Waals surface area contributed by atoms with E-state index in [1.54, 1.807) is 19.1 Å². The van der Waals surface area contributed by atoms with Gasteiger partial charge in [0.25, 0.3) is 0 Å². The van der Waals surface area contributed by atoms with Crippen molar-refractivity contribution in [2.24, 2.45) is 5.73 Å². The maximum absolute atomic E-state index is 8.79. The molecule has 0 fully saturated rings. The SMILES string of the molecule is CCC(N)Cc1cc(Cl)cc(Cl)c1OC(C)C#N. The molecule has 2 N–H and O–H groups in total. The predicted octanol–water partition coefficient (Wildman–Crippen LogP) is 3.56. The van der Waals surface area contributed by atoms with Crippen LogP contribution in [0, 0.1) is 11.3 Å². The molecule has 1 aromatic rings. The largest absolute Gasteiger partial charge is 0.474 e. The Kier molecular flexibility index (Phi) is 5.74. The topological polar surface area (TPSA) is 59.0 Å². The number of nitrogens with two attached hydrogens (primary N) is 1. The van der Waals surface area contributed by atoms with Gasteiger partial charge in [0.15, 0.2) is 6.10 Å². The maximum Gasteiger partial charge on any atom is 0.181 e. The smallest absolute Gasteiger partial charge is 0.181 e. The molecule has 0 radical (unpaired) electrons. The van der Waals surface area contributed by atoms with Crippen molar-refractivity contribution in [3.05, 3.63) is 27.7 Å². The van der Waals surface area contributed by atoms with Crippen LogP contribution in [-0.2, 0) is 6.42 Å². The molecule has 0 bridgehead atoms. The van der Waals surface area contributed by atoms with Crippen LogP contribution >= 0.6 is 23.2 Å². The van der Waals surface area contributed by atoms with Crippen molar-refractivity contribution in [2.45, 2.75) is 38.8 Å². The van der Waals surface area contributed by atoms with E-state index in [9.17, 15) is 0 Å². The quantitative estimate of drug-likeness (QED) is 0.900. The normalized spacial score (nSPS) is 13.8. The third-order valence-corrected chi connectivity index (χ3v) is 3.07. The minimum absolute atomic E-state index is 0.0132. The van der Waals surface area contributed by atoms with Crippen molar-refractivity contribution in [1.29, 1.82) is 5.26 Å². The van der Waals surface area contributed by atoms with Crippen LogP contribution in [0.25, 0.3) is 0 Å².